The van der Waals surface area contributed by atoms with Crippen LogP contribution >= 0.6 is 0 Å². The molecule has 1 aromatic heterocycles. The summed E-state index contributed by atoms with van der Waals surface area (Å²) in [6.07, 6.45) is 2.53. The molecule has 0 aliphatic heterocycles. The lowest BCUT2D eigenvalue weighted by atomic mass is 10.0. The van der Waals surface area contributed by atoms with Crippen LogP contribution in [0.5, 0.6) is 0 Å². The van der Waals surface area contributed by atoms with E-state index in [4.69, 9.17) is 4.42 Å². The van der Waals surface area contributed by atoms with Crippen molar-refractivity contribution in [3.63, 3.8) is 0 Å². The Hall–Kier alpha value is -2.88. The van der Waals surface area contributed by atoms with E-state index in [1.807, 2.05) is 43.3 Å². The van der Waals surface area contributed by atoms with E-state index in [2.05, 4.69) is 36.3 Å². The molecular formula is C22H24N2O2. The first-order valence-electron chi connectivity index (χ1n) is 8.93. The summed E-state index contributed by atoms with van der Waals surface area (Å²) in [4.78, 5) is 16.4. The van der Waals surface area contributed by atoms with Crippen LogP contribution in [0.1, 0.15) is 43.2 Å². The lowest BCUT2D eigenvalue weighted by Gasteiger charge is -2.05. The van der Waals surface area contributed by atoms with Crippen molar-refractivity contribution >= 4 is 11.6 Å². The number of hydrogen-bond acceptors (Lipinski definition) is 3. The van der Waals surface area contributed by atoms with Gasteiger partial charge in [-0.05, 0) is 36.1 Å². The van der Waals surface area contributed by atoms with E-state index in [-0.39, 0.29) is 5.91 Å². The van der Waals surface area contributed by atoms with E-state index < -0.39 is 0 Å². The maximum Gasteiger partial charge on any atom is 0.224 e. The molecule has 1 N–H and O–H groups in total. The third-order valence-corrected chi connectivity index (χ3v) is 4.28. The fourth-order valence-corrected chi connectivity index (χ4v) is 2.76. The molecule has 4 heteroatoms. The zero-order chi connectivity index (χ0) is 18.5. The highest BCUT2D eigenvalue weighted by atomic mass is 16.4. The summed E-state index contributed by atoms with van der Waals surface area (Å²) in [7, 11) is 0. The van der Waals surface area contributed by atoms with E-state index in [1.54, 1.807) is 6.20 Å². The maximum absolute atomic E-state index is 12.1. The summed E-state index contributed by atoms with van der Waals surface area (Å²) in [5.74, 6) is 1.76. The zero-order valence-corrected chi connectivity index (χ0v) is 15.5. The van der Waals surface area contributed by atoms with E-state index in [0.717, 1.165) is 22.6 Å². The predicted molar refractivity (Wildman–Crippen MR) is 104 cm³/mol. The summed E-state index contributed by atoms with van der Waals surface area (Å²) in [5, 5.41) is 2.90. The number of amides is 1. The molecule has 3 rings (SSSR count). The standard InChI is InChI=1S/C22H24N2O2/c1-15(2)17-7-9-18(10-8-17)20-14-23-22(26-20)12-11-21(25)24-19-6-4-5-16(3)13-19/h4-10,13-15H,11-12H2,1-3H3,(H,24,25). The molecule has 0 aliphatic carbocycles. The highest BCUT2D eigenvalue weighted by molar-refractivity contribution is 5.90. The Morgan fingerprint density at radius 2 is 1.92 bits per heavy atom. The number of hydrogen-bond donors (Lipinski definition) is 1. The van der Waals surface area contributed by atoms with Gasteiger partial charge in [0.1, 0.15) is 0 Å². The topological polar surface area (TPSA) is 55.1 Å². The fraction of sp³-hybridized carbons (Fsp3) is 0.273. The molecule has 26 heavy (non-hydrogen) atoms. The van der Waals surface area contributed by atoms with Crippen molar-refractivity contribution in [2.24, 2.45) is 0 Å². The lowest BCUT2D eigenvalue weighted by Crippen LogP contribution is -2.12. The number of oxazole rings is 1. The summed E-state index contributed by atoms with van der Waals surface area (Å²) < 4.78 is 5.80. The minimum absolute atomic E-state index is 0.0448. The van der Waals surface area contributed by atoms with Gasteiger partial charge in [-0.3, -0.25) is 4.79 Å². The molecule has 0 radical (unpaired) electrons. The second kappa shape index (κ2) is 8.00. The van der Waals surface area contributed by atoms with Gasteiger partial charge in [0, 0.05) is 24.1 Å². The first-order chi connectivity index (χ1) is 12.5. The Bertz CT molecular complexity index is 879. The fourth-order valence-electron chi connectivity index (χ4n) is 2.76. The number of aromatic nitrogens is 1. The number of carbonyl (C=O) groups is 1. The van der Waals surface area contributed by atoms with Crippen LogP contribution in [0.3, 0.4) is 0 Å². The first-order valence-corrected chi connectivity index (χ1v) is 8.93. The van der Waals surface area contributed by atoms with Crippen LogP contribution < -0.4 is 5.32 Å². The second-order valence-corrected chi connectivity index (χ2v) is 6.81. The van der Waals surface area contributed by atoms with Crippen molar-refractivity contribution < 1.29 is 9.21 Å². The van der Waals surface area contributed by atoms with Crippen LogP contribution in [0, 0.1) is 6.92 Å². The average molecular weight is 348 g/mol. The van der Waals surface area contributed by atoms with Crippen LogP contribution in [0.25, 0.3) is 11.3 Å². The number of carbonyl (C=O) groups excluding carboxylic acids is 1. The molecule has 0 unspecified atom stereocenters. The third-order valence-electron chi connectivity index (χ3n) is 4.28. The Morgan fingerprint density at radius 3 is 2.62 bits per heavy atom. The molecule has 0 fully saturated rings. The lowest BCUT2D eigenvalue weighted by molar-refractivity contribution is -0.116. The van der Waals surface area contributed by atoms with Crippen LogP contribution in [-0.2, 0) is 11.2 Å². The van der Waals surface area contributed by atoms with Gasteiger partial charge in [0.15, 0.2) is 11.7 Å². The van der Waals surface area contributed by atoms with Gasteiger partial charge in [0.05, 0.1) is 6.20 Å². The number of nitrogens with one attached hydrogen (secondary N) is 1. The summed E-state index contributed by atoms with van der Waals surface area (Å²) >= 11 is 0. The van der Waals surface area contributed by atoms with E-state index in [9.17, 15) is 4.79 Å². The molecule has 0 aliphatic rings. The largest absolute Gasteiger partial charge is 0.441 e. The van der Waals surface area contributed by atoms with Crippen LogP contribution in [0.4, 0.5) is 5.69 Å². The van der Waals surface area contributed by atoms with Crippen molar-refractivity contribution in [2.75, 3.05) is 5.32 Å². The van der Waals surface area contributed by atoms with Crippen molar-refractivity contribution in [2.45, 2.75) is 39.5 Å². The number of aryl methyl sites for hydroxylation is 2. The molecule has 0 saturated carbocycles. The minimum Gasteiger partial charge on any atom is -0.441 e. The second-order valence-electron chi connectivity index (χ2n) is 6.81. The van der Waals surface area contributed by atoms with Gasteiger partial charge in [0.2, 0.25) is 5.91 Å². The molecule has 0 atom stereocenters. The quantitative estimate of drug-likeness (QED) is 0.654. The highest BCUT2D eigenvalue weighted by Crippen LogP contribution is 2.23. The zero-order valence-electron chi connectivity index (χ0n) is 15.5. The summed E-state index contributed by atoms with van der Waals surface area (Å²) in [5.41, 5.74) is 4.22. The monoisotopic (exact) mass is 348 g/mol. The maximum atomic E-state index is 12.1. The molecule has 1 heterocycles. The van der Waals surface area contributed by atoms with Crippen molar-refractivity contribution in [3.05, 3.63) is 71.7 Å². The molecule has 4 nitrogen and oxygen atoms in total. The smallest absolute Gasteiger partial charge is 0.224 e. The van der Waals surface area contributed by atoms with Crippen molar-refractivity contribution in [1.29, 1.82) is 0 Å². The third kappa shape index (κ3) is 4.60. The van der Waals surface area contributed by atoms with Crippen LogP contribution in [0.15, 0.2) is 59.1 Å². The van der Waals surface area contributed by atoms with Gasteiger partial charge in [-0.2, -0.15) is 0 Å². The summed E-state index contributed by atoms with van der Waals surface area (Å²) in [6.45, 7) is 6.34. The number of benzene rings is 2. The van der Waals surface area contributed by atoms with Crippen molar-refractivity contribution in [1.82, 2.24) is 4.98 Å². The number of rotatable bonds is 6. The molecule has 3 aromatic rings. The van der Waals surface area contributed by atoms with E-state index in [1.165, 1.54) is 5.56 Å². The molecule has 0 bridgehead atoms. The first kappa shape index (κ1) is 17.9. The van der Waals surface area contributed by atoms with Gasteiger partial charge in [-0.25, -0.2) is 4.98 Å². The normalized spacial score (nSPS) is 10.9. The average Bonchev–Trinajstić information content (AvgIpc) is 3.09. The molecule has 0 spiro atoms. The van der Waals surface area contributed by atoms with E-state index >= 15 is 0 Å². The molecule has 1 amide bonds. The molecule has 2 aromatic carbocycles. The van der Waals surface area contributed by atoms with Gasteiger partial charge in [-0.15, -0.1) is 0 Å². The van der Waals surface area contributed by atoms with Gasteiger partial charge in [0.25, 0.3) is 0 Å². The highest BCUT2D eigenvalue weighted by Gasteiger charge is 2.10. The predicted octanol–water partition coefficient (Wildman–Crippen LogP) is 5.34. The van der Waals surface area contributed by atoms with Gasteiger partial charge < -0.3 is 9.73 Å². The summed E-state index contributed by atoms with van der Waals surface area (Å²) in [6, 6.07) is 16.1. The van der Waals surface area contributed by atoms with Crippen molar-refractivity contribution in [3.8, 4) is 11.3 Å². The van der Waals surface area contributed by atoms with E-state index in [0.29, 0.717) is 24.7 Å². The molecule has 134 valence electrons. The Labute approximate surface area is 154 Å². The Morgan fingerprint density at radius 1 is 1.15 bits per heavy atom. The Balaban J connectivity index is 1.57. The SMILES string of the molecule is Cc1cccc(NC(=O)CCc2ncc(-c3ccc(C(C)C)cc3)o2)c1. The van der Waals surface area contributed by atoms with Gasteiger partial charge >= 0.3 is 0 Å². The number of nitrogens with zero attached hydrogens (tertiary/aromatic N) is 1. The van der Waals surface area contributed by atoms with Crippen LogP contribution in [0.2, 0.25) is 0 Å². The number of anilines is 1. The van der Waals surface area contributed by atoms with Crippen LogP contribution in [-0.4, -0.2) is 10.9 Å². The Kier molecular flexibility index (Phi) is 5.52. The minimum atomic E-state index is -0.0448. The molecule has 0 saturated heterocycles. The molecular weight excluding hydrogens is 324 g/mol. The van der Waals surface area contributed by atoms with Gasteiger partial charge in [-0.1, -0.05) is 50.2 Å².